The summed E-state index contributed by atoms with van der Waals surface area (Å²) in [6.07, 6.45) is -4.38. The van der Waals surface area contributed by atoms with Crippen LogP contribution in [0.4, 0.5) is 13.2 Å². The lowest BCUT2D eigenvalue weighted by molar-refractivity contribution is -0.137. The largest absolute Gasteiger partial charge is 0.416 e. The Kier molecular flexibility index (Phi) is 5.18. The van der Waals surface area contributed by atoms with E-state index in [-0.39, 0.29) is 5.91 Å². The van der Waals surface area contributed by atoms with E-state index in [1.54, 1.807) is 32.2 Å². The van der Waals surface area contributed by atoms with Crippen molar-refractivity contribution in [3.05, 3.63) is 77.6 Å². The van der Waals surface area contributed by atoms with Crippen LogP contribution in [0.25, 0.3) is 21.9 Å². The van der Waals surface area contributed by atoms with Crippen molar-refractivity contribution < 1.29 is 18.0 Å². The summed E-state index contributed by atoms with van der Waals surface area (Å²) in [5.41, 5.74) is 1.21. The summed E-state index contributed by atoms with van der Waals surface area (Å²) in [6, 6.07) is 15.3. The Morgan fingerprint density at radius 2 is 1.81 bits per heavy atom. The quantitative estimate of drug-likeness (QED) is 0.521. The molecule has 4 aromatic rings. The van der Waals surface area contributed by atoms with Gasteiger partial charge in [0.2, 0.25) is 0 Å². The average Bonchev–Trinajstić information content (AvgIpc) is 3.19. The van der Waals surface area contributed by atoms with Gasteiger partial charge in [0.1, 0.15) is 0 Å². The number of hydrogen-bond donors (Lipinski definition) is 1. The number of aromatic nitrogens is 4. The third-order valence-electron chi connectivity index (χ3n) is 4.92. The molecule has 31 heavy (non-hydrogen) atoms. The van der Waals surface area contributed by atoms with Crippen molar-refractivity contribution in [3.63, 3.8) is 0 Å². The van der Waals surface area contributed by atoms with Crippen LogP contribution in [0.3, 0.4) is 0 Å². The molecule has 0 spiro atoms. The molecular weight excluding hydrogens is 407 g/mol. The second-order valence-corrected chi connectivity index (χ2v) is 7.15. The minimum absolute atomic E-state index is 0.290. The number of carbonyl (C=O) groups excluding carboxylic acids is 1. The van der Waals surface area contributed by atoms with E-state index in [9.17, 15) is 18.0 Å². The number of benzene rings is 3. The second kappa shape index (κ2) is 7.82. The highest BCUT2D eigenvalue weighted by Crippen LogP contribution is 2.33. The van der Waals surface area contributed by atoms with E-state index in [4.69, 9.17) is 0 Å². The maximum Gasteiger partial charge on any atom is 0.416 e. The summed E-state index contributed by atoms with van der Waals surface area (Å²) in [5.74, 6) is 0.114. The summed E-state index contributed by atoms with van der Waals surface area (Å²) < 4.78 is 38.5. The maximum absolute atomic E-state index is 12.8. The molecule has 0 saturated carbocycles. The Balaban J connectivity index is 1.61. The van der Waals surface area contributed by atoms with Crippen molar-refractivity contribution in [3.8, 4) is 11.1 Å². The molecule has 6 nitrogen and oxygen atoms in total. The summed E-state index contributed by atoms with van der Waals surface area (Å²) in [4.78, 5) is 14.0. The second-order valence-electron chi connectivity index (χ2n) is 7.15. The number of alkyl halides is 3. The first-order chi connectivity index (χ1) is 14.7. The van der Waals surface area contributed by atoms with Crippen LogP contribution in [-0.4, -0.2) is 26.1 Å². The van der Waals surface area contributed by atoms with Gasteiger partial charge >= 0.3 is 6.18 Å². The maximum atomic E-state index is 12.8. The molecule has 1 aromatic heterocycles. The molecule has 0 fully saturated rings. The Bertz CT molecular complexity index is 1250. The van der Waals surface area contributed by atoms with Crippen LogP contribution in [0.5, 0.6) is 0 Å². The number of rotatable bonds is 4. The fraction of sp³-hybridized carbons (Fsp3) is 0.182. The zero-order valence-electron chi connectivity index (χ0n) is 16.7. The number of carbonyl (C=O) groups is 1. The van der Waals surface area contributed by atoms with Gasteiger partial charge in [-0.05, 0) is 58.3 Å². The number of fused-ring (bicyclic) bond motifs is 1. The Morgan fingerprint density at radius 3 is 2.45 bits per heavy atom. The van der Waals surface area contributed by atoms with Crippen molar-refractivity contribution in [2.45, 2.75) is 19.1 Å². The van der Waals surface area contributed by atoms with Crippen molar-refractivity contribution >= 4 is 16.7 Å². The molecule has 9 heteroatoms. The molecule has 0 aliphatic carbocycles. The highest BCUT2D eigenvalue weighted by Gasteiger charge is 2.30. The number of halogens is 3. The molecule has 0 aliphatic rings. The normalized spacial score (nSPS) is 12.7. The van der Waals surface area contributed by atoms with Crippen molar-refractivity contribution in [1.29, 1.82) is 0 Å². The van der Waals surface area contributed by atoms with Crippen molar-refractivity contribution in [1.82, 2.24) is 25.5 Å². The van der Waals surface area contributed by atoms with Crippen LogP contribution in [0, 0.1) is 0 Å². The van der Waals surface area contributed by atoms with Crippen LogP contribution in [0.1, 0.15) is 34.7 Å². The van der Waals surface area contributed by atoms with E-state index in [2.05, 4.69) is 20.7 Å². The van der Waals surface area contributed by atoms with Gasteiger partial charge in [0.15, 0.2) is 5.82 Å². The van der Waals surface area contributed by atoms with Crippen LogP contribution in [-0.2, 0) is 13.2 Å². The highest BCUT2D eigenvalue weighted by atomic mass is 19.4. The lowest BCUT2D eigenvalue weighted by atomic mass is 9.96. The number of aryl methyl sites for hydroxylation is 1. The lowest BCUT2D eigenvalue weighted by Gasteiger charge is -2.12. The van der Waals surface area contributed by atoms with E-state index < -0.39 is 17.8 Å². The van der Waals surface area contributed by atoms with Crippen LogP contribution in [0.15, 0.2) is 60.7 Å². The fourth-order valence-corrected chi connectivity index (χ4v) is 3.33. The molecule has 1 N–H and O–H groups in total. The molecule has 0 unspecified atom stereocenters. The zero-order chi connectivity index (χ0) is 22.2. The number of nitrogens with zero attached hydrogens (tertiary/aromatic N) is 4. The molecule has 1 atom stereocenters. The molecule has 0 bridgehead atoms. The van der Waals surface area contributed by atoms with E-state index >= 15 is 0 Å². The minimum Gasteiger partial charge on any atom is -0.342 e. The minimum atomic E-state index is -4.38. The third-order valence-corrected chi connectivity index (χ3v) is 4.92. The van der Waals surface area contributed by atoms with E-state index in [1.807, 2.05) is 18.2 Å². The Hall–Kier alpha value is -3.75. The monoisotopic (exact) mass is 425 g/mol. The van der Waals surface area contributed by atoms with E-state index in [0.717, 1.165) is 28.5 Å². The molecule has 0 saturated heterocycles. The molecule has 3 aromatic carbocycles. The number of nitrogens with one attached hydrogen (secondary N) is 1. The molecule has 4 rings (SSSR count). The topological polar surface area (TPSA) is 72.7 Å². The van der Waals surface area contributed by atoms with Gasteiger partial charge in [-0.15, -0.1) is 10.2 Å². The number of tetrazole rings is 1. The molecule has 1 amide bonds. The van der Waals surface area contributed by atoms with Crippen molar-refractivity contribution in [2.75, 3.05) is 0 Å². The van der Waals surface area contributed by atoms with Gasteiger partial charge < -0.3 is 5.32 Å². The van der Waals surface area contributed by atoms with Crippen LogP contribution < -0.4 is 5.32 Å². The molecule has 158 valence electrons. The summed E-state index contributed by atoms with van der Waals surface area (Å²) in [5, 5.41) is 16.2. The highest BCUT2D eigenvalue weighted by molar-refractivity contribution is 6.02. The van der Waals surface area contributed by atoms with Crippen molar-refractivity contribution in [2.24, 2.45) is 7.05 Å². The number of amides is 1. The zero-order valence-corrected chi connectivity index (χ0v) is 16.7. The third kappa shape index (κ3) is 4.25. The van der Waals surface area contributed by atoms with E-state index in [0.29, 0.717) is 17.0 Å². The molecule has 0 radical (unpaired) electrons. The Labute approximate surface area is 175 Å². The smallest absolute Gasteiger partial charge is 0.342 e. The SMILES string of the molecule is C[C@@H](NC(=O)c1ccc2c(-c3ccc(C(F)(F)F)cc3)cccc2c1)c1nnn(C)n1. The first kappa shape index (κ1) is 20.5. The molecular formula is C22H18F3N5O. The first-order valence-electron chi connectivity index (χ1n) is 9.47. The van der Waals surface area contributed by atoms with Gasteiger partial charge in [0.25, 0.3) is 5.91 Å². The lowest BCUT2D eigenvalue weighted by Crippen LogP contribution is -2.27. The predicted octanol–water partition coefficient (Wildman–Crippen LogP) is 4.54. The van der Waals surface area contributed by atoms with Gasteiger partial charge in [-0.1, -0.05) is 36.4 Å². The molecule has 0 aliphatic heterocycles. The predicted molar refractivity (Wildman–Crippen MR) is 109 cm³/mol. The summed E-state index contributed by atoms with van der Waals surface area (Å²) in [7, 11) is 1.64. The van der Waals surface area contributed by atoms with Gasteiger partial charge in [0, 0.05) is 5.56 Å². The first-order valence-corrected chi connectivity index (χ1v) is 9.47. The average molecular weight is 425 g/mol. The van der Waals surface area contributed by atoms with Gasteiger partial charge in [0.05, 0.1) is 18.7 Å². The van der Waals surface area contributed by atoms with Gasteiger partial charge in [-0.3, -0.25) is 4.79 Å². The summed E-state index contributed by atoms with van der Waals surface area (Å²) in [6.45, 7) is 1.76. The number of hydrogen-bond acceptors (Lipinski definition) is 4. The fourth-order valence-electron chi connectivity index (χ4n) is 3.33. The van der Waals surface area contributed by atoms with Crippen LogP contribution in [0.2, 0.25) is 0 Å². The molecule has 1 heterocycles. The Morgan fingerprint density at radius 1 is 1.06 bits per heavy atom. The summed E-state index contributed by atoms with van der Waals surface area (Å²) >= 11 is 0. The van der Waals surface area contributed by atoms with Gasteiger partial charge in [-0.25, -0.2) is 0 Å². The van der Waals surface area contributed by atoms with Crippen LogP contribution >= 0.6 is 0 Å². The van der Waals surface area contributed by atoms with E-state index in [1.165, 1.54) is 16.9 Å². The van der Waals surface area contributed by atoms with Gasteiger partial charge in [-0.2, -0.15) is 18.0 Å². The standard InChI is InChI=1S/C22H18F3N5O/c1-13(20-27-29-30(2)28-20)26-21(31)16-8-11-19-15(12-16)4-3-5-18(19)14-6-9-17(10-7-14)22(23,24)25/h3-13H,1-2H3,(H,26,31)/t13-/m1/s1.